The van der Waals surface area contributed by atoms with Crippen LogP contribution in [0, 0.1) is 17.3 Å². The average Bonchev–Trinajstić information content (AvgIpc) is 2.19. The number of methoxy groups -OCH3 is 1. The molecule has 16 heavy (non-hydrogen) atoms. The molecule has 0 aromatic heterocycles. The topological polar surface area (TPSA) is 26.3 Å². The van der Waals surface area contributed by atoms with E-state index in [4.69, 9.17) is 4.74 Å². The van der Waals surface area contributed by atoms with Crippen molar-refractivity contribution >= 4 is 5.97 Å². The lowest BCUT2D eigenvalue weighted by atomic mass is 9.67. The largest absolute Gasteiger partial charge is 0.469 e. The van der Waals surface area contributed by atoms with Crippen molar-refractivity contribution in [2.75, 3.05) is 7.11 Å². The van der Waals surface area contributed by atoms with E-state index in [0.717, 1.165) is 12.8 Å². The van der Waals surface area contributed by atoms with Crippen LogP contribution in [0.25, 0.3) is 0 Å². The molecule has 1 rings (SSSR count). The summed E-state index contributed by atoms with van der Waals surface area (Å²) in [5, 5.41) is 0. The molecule has 0 spiro atoms. The smallest absolute Gasteiger partial charge is 0.306 e. The first kappa shape index (κ1) is 13.3. The number of esters is 1. The first-order valence-electron chi connectivity index (χ1n) is 6.09. The van der Waals surface area contributed by atoms with E-state index in [1.165, 1.54) is 19.1 Å². The lowest BCUT2D eigenvalue weighted by molar-refractivity contribution is -0.141. The number of carbonyl (C=O) groups excluding carboxylic acids is 1. The lowest BCUT2D eigenvalue weighted by Gasteiger charge is -2.38. The van der Waals surface area contributed by atoms with E-state index in [9.17, 15) is 4.79 Å². The molecule has 0 aromatic carbocycles. The summed E-state index contributed by atoms with van der Waals surface area (Å²) >= 11 is 0. The highest BCUT2D eigenvalue weighted by Gasteiger charge is 2.33. The molecule has 0 radical (unpaired) electrons. The maximum absolute atomic E-state index is 11.3. The van der Waals surface area contributed by atoms with Crippen LogP contribution >= 0.6 is 0 Å². The Morgan fingerprint density at radius 1 is 1.50 bits per heavy atom. The molecule has 1 aliphatic rings. The van der Waals surface area contributed by atoms with E-state index in [2.05, 4.69) is 27.4 Å². The zero-order valence-electron chi connectivity index (χ0n) is 11.0. The van der Waals surface area contributed by atoms with Gasteiger partial charge in [-0.15, -0.1) is 0 Å². The molecule has 0 N–H and O–H groups in total. The monoisotopic (exact) mass is 224 g/mol. The van der Waals surface area contributed by atoms with Crippen molar-refractivity contribution in [3.8, 4) is 0 Å². The number of hydrogen-bond acceptors (Lipinski definition) is 2. The van der Waals surface area contributed by atoms with E-state index in [0.29, 0.717) is 23.7 Å². The molecule has 0 aliphatic heterocycles. The molecule has 1 fully saturated rings. The summed E-state index contributed by atoms with van der Waals surface area (Å²) in [7, 11) is 1.45. The third kappa shape index (κ3) is 3.36. The summed E-state index contributed by atoms with van der Waals surface area (Å²) in [6.07, 6.45) is 3.85. The summed E-state index contributed by atoms with van der Waals surface area (Å²) in [6.45, 7) is 10.9. The predicted octanol–water partition coefficient (Wildman–Crippen LogP) is 3.57. The Kier molecular flexibility index (Phi) is 4.17. The second-order valence-electron chi connectivity index (χ2n) is 5.97. The van der Waals surface area contributed by atoms with Gasteiger partial charge in [0.2, 0.25) is 0 Å². The number of allylic oxidation sites excluding steroid dienone is 1. The van der Waals surface area contributed by atoms with Gasteiger partial charge in [-0.2, -0.15) is 0 Å². The lowest BCUT2D eigenvalue weighted by Crippen LogP contribution is -2.29. The fourth-order valence-corrected chi connectivity index (χ4v) is 2.49. The third-order valence-corrected chi connectivity index (χ3v) is 3.83. The minimum Gasteiger partial charge on any atom is -0.469 e. The quantitative estimate of drug-likeness (QED) is 0.529. The van der Waals surface area contributed by atoms with Crippen molar-refractivity contribution in [2.24, 2.45) is 17.3 Å². The second kappa shape index (κ2) is 5.03. The van der Waals surface area contributed by atoms with Crippen molar-refractivity contribution in [3.63, 3.8) is 0 Å². The van der Waals surface area contributed by atoms with Crippen LogP contribution in [0.4, 0.5) is 0 Å². The molecule has 92 valence electrons. The van der Waals surface area contributed by atoms with Crippen molar-refractivity contribution in [1.82, 2.24) is 0 Å². The van der Waals surface area contributed by atoms with Gasteiger partial charge in [0, 0.05) is 0 Å². The summed E-state index contributed by atoms with van der Waals surface area (Å²) < 4.78 is 4.74. The van der Waals surface area contributed by atoms with Crippen molar-refractivity contribution < 1.29 is 9.53 Å². The van der Waals surface area contributed by atoms with Gasteiger partial charge in [-0.25, -0.2) is 0 Å². The van der Waals surface area contributed by atoms with Crippen LogP contribution in [-0.2, 0) is 9.53 Å². The maximum atomic E-state index is 11.3. The maximum Gasteiger partial charge on any atom is 0.306 e. The van der Waals surface area contributed by atoms with Crippen LogP contribution in [0.5, 0.6) is 0 Å². The second-order valence-corrected chi connectivity index (χ2v) is 5.97. The molecular weight excluding hydrogens is 200 g/mol. The van der Waals surface area contributed by atoms with Crippen molar-refractivity contribution in [1.29, 1.82) is 0 Å². The van der Waals surface area contributed by atoms with E-state index in [1.54, 1.807) is 0 Å². The van der Waals surface area contributed by atoms with Crippen LogP contribution in [0.1, 0.15) is 46.5 Å². The van der Waals surface area contributed by atoms with E-state index in [-0.39, 0.29) is 5.97 Å². The van der Waals surface area contributed by atoms with Crippen LogP contribution in [0.15, 0.2) is 12.2 Å². The Morgan fingerprint density at radius 3 is 2.62 bits per heavy atom. The first-order chi connectivity index (χ1) is 7.34. The molecule has 2 nitrogen and oxygen atoms in total. The van der Waals surface area contributed by atoms with Gasteiger partial charge >= 0.3 is 5.97 Å². The Bertz CT molecular complexity index is 273. The van der Waals surface area contributed by atoms with Crippen molar-refractivity contribution in [2.45, 2.75) is 46.5 Å². The number of ether oxygens (including phenoxy) is 1. The molecular formula is C14H24O2. The molecule has 0 aromatic rings. The molecule has 0 bridgehead atoms. The fraction of sp³-hybridized carbons (Fsp3) is 0.786. The van der Waals surface area contributed by atoms with Gasteiger partial charge in [-0.3, -0.25) is 4.79 Å². The Balaban J connectivity index is 2.62. The highest BCUT2D eigenvalue weighted by atomic mass is 16.5. The normalized spacial score (nSPS) is 26.6. The van der Waals surface area contributed by atoms with Crippen LogP contribution in [0.2, 0.25) is 0 Å². The molecule has 1 saturated carbocycles. The SMILES string of the molecule is C=C1CC[C@@H](C(C)(C)C)C[C@H]1CC(=O)OC. The number of rotatable bonds is 2. The zero-order chi connectivity index (χ0) is 12.3. The van der Waals surface area contributed by atoms with Crippen LogP contribution in [0.3, 0.4) is 0 Å². The number of hydrogen-bond donors (Lipinski definition) is 0. The standard InChI is InChI=1S/C14H24O2/c1-10-6-7-12(14(2,3)4)8-11(10)9-13(15)16-5/h11-12H,1,6-9H2,2-5H3/t11-,12+/m0/s1. The Labute approximate surface area is 99.1 Å². The van der Waals surface area contributed by atoms with Gasteiger partial charge in [-0.05, 0) is 36.5 Å². The number of carbonyl (C=O) groups is 1. The molecule has 0 unspecified atom stereocenters. The average molecular weight is 224 g/mol. The fourth-order valence-electron chi connectivity index (χ4n) is 2.49. The first-order valence-corrected chi connectivity index (χ1v) is 6.09. The highest BCUT2D eigenvalue weighted by molar-refractivity contribution is 5.70. The predicted molar refractivity (Wildman–Crippen MR) is 66.1 cm³/mol. The summed E-state index contributed by atoms with van der Waals surface area (Å²) in [5.74, 6) is 0.902. The van der Waals surface area contributed by atoms with Crippen LogP contribution < -0.4 is 0 Å². The summed E-state index contributed by atoms with van der Waals surface area (Å²) in [5.41, 5.74) is 1.56. The Hall–Kier alpha value is -0.790. The van der Waals surface area contributed by atoms with Gasteiger partial charge in [0.05, 0.1) is 13.5 Å². The molecule has 2 atom stereocenters. The molecule has 0 heterocycles. The van der Waals surface area contributed by atoms with E-state index in [1.807, 2.05) is 0 Å². The van der Waals surface area contributed by atoms with Crippen LogP contribution in [-0.4, -0.2) is 13.1 Å². The minimum atomic E-state index is -0.110. The summed E-state index contributed by atoms with van der Waals surface area (Å²) in [4.78, 5) is 11.3. The molecule has 0 saturated heterocycles. The van der Waals surface area contributed by atoms with Gasteiger partial charge in [-0.1, -0.05) is 32.9 Å². The Morgan fingerprint density at radius 2 is 2.12 bits per heavy atom. The van der Waals surface area contributed by atoms with Gasteiger partial charge in [0.25, 0.3) is 0 Å². The van der Waals surface area contributed by atoms with E-state index >= 15 is 0 Å². The van der Waals surface area contributed by atoms with Crippen molar-refractivity contribution in [3.05, 3.63) is 12.2 Å². The third-order valence-electron chi connectivity index (χ3n) is 3.83. The van der Waals surface area contributed by atoms with Gasteiger partial charge < -0.3 is 4.74 Å². The van der Waals surface area contributed by atoms with Gasteiger partial charge in [0.1, 0.15) is 0 Å². The molecule has 0 amide bonds. The minimum absolute atomic E-state index is 0.110. The highest BCUT2D eigenvalue weighted by Crippen LogP contribution is 2.43. The zero-order valence-corrected chi connectivity index (χ0v) is 11.0. The summed E-state index contributed by atoms with van der Waals surface area (Å²) in [6, 6.07) is 0. The van der Waals surface area contributed by atoms with Gasteiger partial charge in [0.15, 0.2) is 0 Å². The molecule has 2 heteroatoms. The molecule has 1 aliphatic carbocycles. The van der Waals surface area contributed by atoms with E-state index < -0.39 is 0 Å².